The fraction of sp³-hybridized carbons (Fsp3) is 0.375. The van der Waals surface area contributed by atoms with Gasteiger partial charge in [0.2, 0.25) is 5.03 Å². The number of benzene rings is 1. The van der Waals surface area contributed by atoms with Gasteiger partial charge >= 0.3 is 5.97 Å². The third kappa shape index (κ3) is 4.05. The van der Waals surface area contributed by atoms with Crippen molar-refractivity contribution in [2.45, 2.75) is 32.3 Å². The van der Waals surface area contributed by atoms with Gasteiger partial charge in [-0.05, 0) is 31.5 Å². The number of carbonyl (C=O) groups is 1. The summed E-state index contributed by atoms with van der Waals surface area (Å²) in [7, 11) is -4.07. The molecule has 0 fully saturated rings. The van der Waals surface area contributed by atoms with Crippen LogP contribution in [0, 0.1) is 12.7 Å². The lowest BCUT2D eigenvalue weighted by molar-refractivity contribution is 0.0520. The average molecular weight is 369 g/mol. The van der Waals surface area contributed by atoms with Gasteiger partial charge in [0, 0.05) is 18.8 Å². The summed E-state index contributed by atoms with van der Waals surface area (Å²) in [4.78, 5) is 12.1. The van der Waals surface area contributed by atoms with Gasteiger partial charge in [-0.3, -0.25) is 5.10 Å². The van der Waals surface area contributed by atoms with E-state index in [0.717, 1.165) is 4.31 Å². The van der Waals surface area contributed by atoms with Crippen LogP contribution in [0.1, 0.15) is 35.5 Å². The smallest absolute Gasteiger partial charge is 0.343 e. The summed E-state index contributed by atoms with van der Waals surface area (Å²) in [5, 5.41) is 5.92. The molecule has 1 aromatic carbocycles. The summed E-state index contributed by atoms with van der Waals surface area (Å²) in [6.07, 6.45) is 0. The molecule has 0 aliphatic carbocycles. The molecule has 25 heavy (non-hydrogen) atoms. The maximum atomic E-state index is 13.4. The van der Waals surface area contributed by atoms with Crippen molar-refractivity contribution in [2.75, 3.05) is 13.2 Å². The highest BCUT2D eigenvalue weighted by molar-refractivity contribution is 7.89. The zero-order chi connectivity index (χ0) is 18.6. The van der Waals surface area contributed by atoms with Gasteiger partial charge in [0.1, 0.15) is 11.4 Å². The second-order valence-electron chi connectivity index (χ2n) is 5.31. The quantitative estimate of drug-likeness (QED) is 0.756. The predicted octanol–water partition coefficient (Wildman–Crippen LogP) is 2.24. The van der Waals surface area contributed by atoms with Crippen molar-refractivity contribution in [3.05, 3.63) is 46.9 Å². The number of hydrogen-bond acceptors (Lipinski definition) is 5. The molecule has 7 nitrogen and oxygen atoms in total. The number of rotatable bonds is 7. The number of carbonyl (C=O) groups excluding carboxylic acids is 1. The lowest BCUT2D eigenvalue weighted by atomic mass is 10.2. The van der Waals surface area contributed by atoms with Crippen LogP contribution < -0.4 is 0 Å². The van der Waals surface area contributed by atoms with Gasteiger partial charge in [-0.2, -0.15) is 9.40 Å². The number of aromatic amines is 1. The van der Waals surface area contributed by atoms with E-state index in [2.05, 4.69) is 10.2 Å². The largest absolute Gasteiger partial charge is 0.462 e. The first-order valence-corrected chi connectivity index (χ1v) is 9.21. The van der Waals surface area contributed by atoms with E-state index in [1.54, 1.807) is 26.8 Å². The maximum Gasteiger partial charge on any atom is 0.343 e. The zero-order valence-corrected chi connectivity index (χ0v) is 15.1. The van der Waals surface area contributed by atoms with Crippen molar-refractivity contribution in [1.82, 2.24) is 14.5 Å². The minimum absolute atomic E-state index is 0.0369. The maximum absolute atomic E-state index is 13.4. The van der Waals surface area contributed by atoms with Crippen LogP contribution in [0.2, 0.25) is 0 Å². The van der Waals surface area contributed by atoms with E-state index >= 15 is 0 Å². The predicted molar refractivity (Wildman–Crippen MR) is 89.0 cm³/mol. The molecular weight excluding hydrogens is 349 g/mol. The highest BCUT2D eigenvalue weighted by atomic mass is 32.2. The Balaban J connectivity index is 2.41. The minimum atomic E-state index is -4.07. The van der Waals surface area contributed by atoms with Gasteiger partial charge < -0.3 is 4.74 Å². The van der Waals surface area contributed by atoms with Gasteiger partial charge in [-0.1, -0.05) is 19.1 Å². The molecule has 2 aromatic rings. The molecular formula is C16H20FN3O4S. The number of ether oxygens (including phenoxy) is 1. The molecule has 0 saturated heterocycles. The Labute approximate surface area is 145 Å². The van der Waals surface area contributed by atoms with Crippen LogP contribution in [-0.2, 0) is 21.3 Å². The molecule has 0 bridgehead atoms. The molecule has 1 aromatic heterocycles. The number of esters is 1. The number of halogens is 1. The summed E-state index contributed by atoms with van der Waals surface area (Å²) in [6.45, 7) is 5.03. The van der Waals surface area contributed by atoms with Crippen molar-refractivity contribution in [3.63, 3.8) is 0 Å². The van der Waals surface area contributed by atoms with E-state index in [4.69, 9.17) is 4.74 Å². The Morgan fingerprint density at radius 2 is 2.08 bits per heavy atom. The van der Waals surface area contributed by atoms with E-state index in [1.807, 2.05) is 0 Å². The molecule has 9 heteroatoms. The van der Waals surface area contributed by atoms with Gasteiger partial charge in [-0.25, -0.2) is 17.6 Å². The Hall–Kier alpha value is -2.26. The van der Waals surface area contributed by atoms with Crippen LogP contribution in [0.15, 0.2) is 29.3 Å². The van der Waals surface area contributed by atoms with E-state index in [1.165, 1.54) is 18.2 Å². The van der Waals surface area contributed by atoms with Crippen molar-refractivity contribution >= 4 is 16.0 Å². The topological polar surface area (TPSA) is 92.4 Å². The summed E-state index contributed by atoms with van der Waals surface area (Å²) in [5.74, 6) is -1.21. The minimum Gasteiger partial charge on any atom is -0.462 e. The average Bonchev–Trinajstić information content (AvgIpc) is 2.95. The van der Waals surface area contributed by atoms with E-state index < -0.39 is 21.8 Å². The van der Waals surface area contributed by atoms with Crippen LogP contribution in [0.25, 0.3) is 0 Å². The molecule has 0 unspecified atom stereocenters. The van der Waals surface area contributed by atoms with E-state index in [-0.39, 0.29) is 30.3 Å². The fourth-order valence-corrected chi connectivity index (χ4v) is 3.92. The number of sulfonamides is 1. The van der Waals surface area contributed by atoms with E-state index in [9.17, 15) is 17.6 Å². The molecule has 0 aliphatic rings. The first-order valence-electron chi connectivity index (χ1n) is 7.77. The lowest BCUT2D eigenvalue weighted by Crippen LogP contribution is -2.32. The molecule has 136 valence electrons. The van der Waals surface area contributed by atoms with Crippen LogP contribution >= 0.6 is 0 Å². The summed E-state index contributed by atoms with van der Waals surface area (Å²) in [5.41, 5.74) is 0.689. The van der Waals surface area contributed by atoms with Crippen LogP contribution in [0.5, 0.6) is 0 Å². The molecule has 2 rings (SSSR count). The first-order chi connectivity index (χ1) is 11.8. The third-order valence-corrected chi connectivity index (χ3v) is 5.43. The number of aromatic nitrogens is 2. The number of hydrogen-bond donors (Lipinski definition) is 1. The normalized spacial score (nSPS) is 11.7. The highest BCUT2D eigenvalue weighted by Gasteiger charge is 2.33. The second kappa shape index (κ2) is 7.75. The SMILES string of the molecule is CCOC(=O)c1c(S(=O)(=O)N(CC)Cc2cccc(F)c2)n[nH]c1C. The Morgan fingerprint density at radius 3 is 2.68 bits per heavy atom. The molecule has 1 heterocycles. The number of aryl methyl sites for hydroxylation is 1. The zero-order valence-electron chi connectivity index (χ0n) is 14.2. The number of nitrogens with zero attached hydrogens (tertiary/aromatic N) is 2. The lowest BCUT2D eigenvalue weighted by Gasteiger charge is -2.20. The monoisotopic (exact) mass is 369 g/mol. The molecule has 0 saturated carbocycles. The van der Waals surface area contributed by atoms with Crippen LogP contribution in [0.3, 0.4) is 0 Å². The molecule has 0 spiro atoms. The van der Waals surface area contributed by atoms with Gasteiger partial charge in [0.25, 0.3) is 10.0 Å². The Bertz CT molecular complexity index is 864. The molecule has 0 atom stereocenters. The molecule has 0 aliphatic heterocycles. The molecule has 1 N–H and O–H groups in total. The van der Waals surface area contributed by atoms with Gasteiger partial charge in [-0.15, -0.1) is 0 Å². The summed E-state index contributed by atoms with van der Waals surface area (Å²) < 4.78 is 45.3. The van der Waals surface area contributed by atoms with E-state index in [0.29, 0.717) is 11.3 Å². The Morgan fingerprint density at radius 1 is 1.36 bits per heavy atom. The van der Waals surface area contributed by atoms with Crippen LogP contribution in [0.4, 0.5) is 4.39 Å². The van der Waals surface area contributed by atoms with Crippen molar-refractivity contribution in [2.24, 2.45) is 0 Å². The molecule has 0 radical (unpaired) electrons. The van der Waals surface area contributed by atoms with Crippen molar-refractivity contribution < 1.29 is 22.3 Å². The van der Waals surface area contributed by atoms with Gasteiger partial charge in [0.05, 0.1) is 6.61 Å². The first kappa shape index (κ1) is 19.1. The van der Waals surface area contributed by atoms with Crippen LogP contribution in [-0.4, -0.2) is 42.0 Å². The number of nitrogens with one attached hydrogen (secondary N) is 1. The van der Waals surface area contributed by atoms with Gasteiger partial charge in [0.15, 0.2) is 0 Å². The molecule has 0 amide bonds. The summed E-state index contributed by atoms with van der Waals surface area (Å²) in [6, 6.07) is 5.68. The number of H-pyrrole nitrogens is 1. The summed E-state index contributed by atoms with van der Waals surface area (Å²) >= 11 is 0. The van der Waals surface area contributed by atoms with Crippen molar-refractivity contribution in [3.8, 4) is 0 Å². The highest BCUT2D eigenvalue weighted by Crippen LogP contribution is 2.23. The third-order valence-electron chi connectivity index (χ3n) is 3.58. The standard InChI is InChI=1S/C16H20FN3O4S/c1-4-20(10-12-7-6-8-13(17)9-12)25(22,23)15-14(11(3)18-19-15)16(21)24-5-2/h6-9H,4-5,10H2,1-3H3,(H,18,19). The second-order valence-corrected chi connectivity index (χ2v) is 7.16. The van der Waals surface area contributed by atoms with Crippen molar-refractivity contribution in [1.29, 1.82) is 0 Å². The fourth-order valence-electron chi connectivity index (χ4n) is 2.37. The Kier molecular flexibility index (Phi) is 5.91.